The van der Waals surface area contributed by atoms with Gasteiger partial charge in [0.25, 0.3) is 0 Å². The summed E-state index contributed by atoms with van der Waals surface area (Å²) in [4.78, 5) is 0. The van der Waals surface area contributed by atoms with Crippen LogP contribution in [0.3, 0.4) is 0 Å². The highest BCUT2D eigenvalue weighted by Crippen LogP contribution is 2.16. The van der Waals surface area contributed by atoms with E-state index in [1.54, 1.807) is 0 Å². The zero-order valence-corrected chi connectivity index (χ0v) is 14.2. The minimum absolute atomic E-state index is 0.219. The summed E-state index contributed by atoms with van der Waals surface area (Å²) in [6.45, 7) is 14.5. The van der Waals surface area contributed by atoms with E-state index in [1.807, 2.05) is 0 Å². The van der Waals surface area contributed by atoms with Crippen molar-refractivity contribution in [1.29, 1.82) is 0 Å². The average Bonchev–Trinajstić information content (AvgIpc) is 2.77. The number of rotatable bonds is 8. The first kappa shape index (κ1) is 17.2. The first-order chi connectivity index (χ1) is 9.35. The molecule has 0 aliphatic carbocycles. The molecule has 116 valence electrons. The van der Waals surface area contributed by atoms with Gasteiger partial charge in [-0.2, -0.15) is 5.10 Å². The lowest BCUT2D eigenvalue weighted by atomic mass is 10.0. The van der Waals surface area contributed by atoms with Gasteiger partial charge in [0, 0.05) is 11.7 Å². The molecule has 1 heterocycles. The molecule has 3 nitrogen and oxygen atoms in total. The van der Waals surface area contributed by atoms with Gasteiger partial charge in [0.1, 0.15) is 0 Å². The maximum Gasteiger partial charge on any atom is 0.0627 e. The third-order valence-corrected chi connectivity index (χ3v) is 3.83. The van der Waals surface area contributed by atoms with Crippen molar-refractivity contribution in [1.82, 2.24) is 15.1 Å². The molecule has 0 bridgehead atoms. The maximum absolute atomic E-state index is 4.75. The summed E-state index contributed by atoms with van der Waals surface area (Å²) in [5, 5.41) is 8.30. The Morgan fingerprint density at radius 1 is 1.25 bits per heavy atom. The number of aromatic nitrogens is 2. The molecule has 3 heteroatoms. The van der Waals surface area contributed by atoms with Gasteiger partial charge >= 0.3 is 0 Å². The van der Waals surface area contributed by atoms with Crippen LogP contribution in [0.25, 0.3) is 0 Å². The molecule has 1 rings (SSSR count). The zero-order chi connectivity index (χ0) is 15.2. The minimum atomic E-state index is 0.219. The highest BCUT2D eigenvalue weighted by Gasteiger charge is 2.12. The van der Waals surface area contributed by atoms with Crippen LogP contribution < -0.4 is 5.32 Å². The van der Waals surface area contributed by atoms with Crippen molar-refractivity contribution in [3.05, 3.63) is 18.0 Å². The standard InChI is InChI=1S/C17H33N3/c1-7-16(8-2)20-12-10-15(19-20)13-14(3)9-11-18-17(4,5)6/h10,12,14,16,18H,7-9,11,13H2,1-6H3. The molecule has 0 aliphatic heterocycles. The molecule has 0 aromatic carbocycles. The van der Waals surface area contributed by atoms with Crippen molar-refractivity contribution < 1.29 is 0 Å². The lowest BCUT2D eigenvalue weighted by Crippen LogP contribution is -2.37. The fraction of sp³-hybridized carbons (Fsp3) is 0.824. The quantitative estimate of drug-likeness (QED) is 0.773. The maximum atomic E-state index is 4.75. The second-order valence-electron chi connectivity index (χ2n) is 7.03. The molecule has 0 spiro atoms. The molecule has 0 saturated carbocycles. The highest BCUT2D eigenvalue weighted by molar-refractivity contribution is 5.01. The Bertz CT molecular complexity index is 372. The van der Waals surface area contributed by atoms with Crippen molar-refractivity contribution in [2.45, 2.75) is 78.8 Å². The van der Waals surface area contributed by atoms with Crippen LogP contribution in [0, 0.1) is 5.92 Å². The van der Waals surface area contributed by atoms with Gasteiger partial charge in [0.15, 0.2) is 0 Å². The van der Waals surface area contributed by atoms with E-state index in [-0.39, 0.29) is 5.54 Å². The van der Waals surface area contributed by atoms with Gasteiger partial charge in [-0.3, -0.25) is 4.68 Å². The van der Waals surface area contributed by atoms with E-state index in [4.69, 9.17) is 5.10 Å². The molecule has 0 radical (unpaired) electrons. The van der Waals surface area contributed by atoms with Crippen LogP contribution in [0.15, 0.2) is 12.3 Å². The lowest BCUT2D eigenvalue weighted by molar-refractivity contribution is 0.389. The topological polar surface area (TPSA) is 29.9 Å². The smallest absolute Gasteiger partial charge is 0.0627 e. The molecule has 0 fully saturated rings. The Labute approximate surface area is 125 Å². The van der Waals surface area contributed by atoms with Crippen LogP contribution in [0.2, 0.25) is 0 Å². The first-order valence-corrected chi connectivity index (χ1v) is 8.14. The van der Waals surface area contributed by atoms with Gasteiger partial charge in [-0.25, -0.2) is 0 Å². The second-order valence-corrected chi connectivity index (χ2v) is 7.03. The average molecular weight is 279 g/mol. The van der Waals surface area contributed by atoms with Gasteiger partial charge in [-0.15, -0.1) is 0 Å². The number of hydrogen-bond acceptors (Lipinski definition) is 2. The molecular weight excluding hydrogens is 246 g/mol. The minimum Gasteiger partial charge on any atom is -0.312 e. The van der Waals surface area contributed by atoms with Crippen LogP contribution in [-0.2, 0) is 6.42 Å². The van der Waals surface area contributed by atoms with Crippen LogP contribution in [-0.4, -0.2) is 21.9 Å². The van der Waals surface area contributed by atoms with E-state index in [2.05, 4.69) is 63.8 Å². The second kappa shape index (κ2) is 7.82. The molecule has 0 amide bonds. The van der Waals surface area contributed by atoms with E-state index < -0.39 is 0 Å². The SMILES string of the molecule is CCC(CC)n1ccc(CC(C)CCNC(C)(C)C)n1. The highest BCUT2D eigenvalue weighted by atomic mass is 15.3. The summed E-state index contributed by atoms with van der Waals surface area (Å²) in [6, 6.07) is 2.74. The Morgan fingerprint density at radius 2 is 1.90 bits per heavy atom. The molecule has 0 saturated heterocycles. The summed E-state index contributed by atoms with van der Waals surface area (Å²) in [5.74, 6) is 0.676. The summed E-state index contributed by atoms with van der Waals surface area (Å²) >= 11 is 0. The van der Waals surface area contributed by atoms with Crippen LogP contribution in [0.4, 0.5) is 0 Å². The largest absolute Gasteiger partial charge is 0.312 e. The Hall–Kier alpha value is -0.830. The molecule has 1 atom stereocenters. The number of nitrogens with zero attached hydrogens (tertiary/aromatic N) is 2. The number of hydrogen-bond donors (Lipinski definition) is 1. The van der Waals surface area contributed by atoms with Gasteiger partial charge < -0.3 is 5.32 Å². The van der Waals surface area contributed by atoms with E-state index in [0.717, 1.165) is 25.8 Å². The predicted octanol–water partition coefficient (Wildman–Crippen LogP) is 4.20. The van der Waals surface area contributed by atoms with Crippen molar-refractivity contribution in [2.24, 2.45) is 5.92 Å². The van der Waals surface area contributed by atoms with Crippen LogP contribution in [0.5, 0.6) is 0 Å². The van der Waals surface area contributed by atoms with Crippen molar-refractivity contribution in [2.75, 3.05) is 6.54 Å². The number of nitrogens with one attached hydrogen (secondary N) is 1. The molecule has 1 aromatic heterocycles. The van der Waals surface area contributed by atoms with E-state index >= 15 is 0 Å². The molecule has 1 aromatic rings. The van der Waals surface area contributed by atoms with Gasteiger partial charge in [0.2, 0.25) is 0 Å². The van der Waals surface area contributed by atoms with Crippen molar-refractivity contribution in [3.63, 3.8) is 0 Å². The van der Waals surface area contributed by atoms with E-state index in [0.29, 0.717) is 12.0 Å². The molecule has 1 unspecified atom stereocenters. The summed E-state index contributed by atoms with van der Waals surface area (Å²) in [7, 11) is 0. The molecule has 1 N–H and O–H groups in total. The predicted molar refractivity (Wildman–Crippen MR) is 87.1 cm³/mol. The monoisotopic (exact) mass is 279 g/mol. The zero-order valence-electron chi connectivity index (χ0n) is 14.2. The fourth-order valence-corrected chi connectivity index (χ4v) is 2.51. The summed E-state index contributed by atoms with van der Waals surface area (Å²) in [5.41, 5.74) is 1.46. The lowest BCUT2D eigenvalue weighted by Gasteiger charge is -2.21. The Morgan fingerprint density at radius 3 is 2.45 bits per heavy atom. The third-order valence-electron chi connectivity index (χ3n) is 3.83. The van der Waals surface area contributed by atoms with Crippen molar-refractivity contribution >= 4 is 0 Å². The normalized spacial score (nSPS) is 13.9. The van der Waals surface area contributed by atoms with Gasteiger partial charge in [-0.1, -0.05) is 20.8 Å². The first-order valence-electron chi connectivity index (χ1n) is 8.14. The summed E-state index contributed by atoms with van der Waals surface area (Å²) < 4.78 is 2.15. The molecular formula is C17H33N3. The van der Waals surface area contributed by atoms with E-state index in [9.17, 15) is 0 Å². The van der Waals surface area contributed by atoms with Crippen LogP contribution >= 0.6 is 0 Å². The van der Waals surface area contributed by atoms with E-state index in [1.165, 1.54) is 12.1 Å². The fourth-order valence-electron chi connectivity index (χ4n) is 2.51. The Balaban J connectivity index is 2.40. The van der Waals surface area contributed by atoms with Gasteiger partial charge in [-0.05, 0) is 65.0 Å². The van der Waals surface area contributed by atoms with Crippen LogP contribution in [0.1, 0.15) is 72.5 Å². The van der Waals surface area contributed by atoms with Gasteiger partial charge in [0.05, 0.1) is 11.7 Å². The summed E-state index contributed by atoms with van der Waals surface area (Å²) in [6.07, 6.45) is 6.74. The van der Waals surface area contributed by atoms with Crippen molar-refractivity contribution in [3.8, 4) is 0 Å². The molecule has 0 aliphatic rings. The molecule has 20 heavy (non-hydrogen) atoms. The third kappa shape index (κ3) is 6.08. The Kier molecular flexibility index (Phi) is 6.74.